The Labute approximate surface area is 177 Å². The Balaban J connectivity index is 1.47. The molecule has 1 unspecified atom stereocenters. The number of hydrogen-bond donors (Lipinski definition) is 3. The fraction of sp³-hybridized carbons (Fsp3) is 0.474. The van der Waals surface area contributed by atoms with Crippen LogP contribution in [0.5, 0.6) is 5.75 Å². The summed E-state index contributed by atoms with van der Waals surface area (Å²) in [5.74, 6) is -0.145. The van der Waals surface area contributed by atoms with Crippen LogP contribution >= 0.6 is 11.8 Å². The molecule has 11 heteroatoms. The van der Waals surface area contributed by atoms with Crippen molar-refractivity contribution in [2.75, 3.05) is 31.3 Å². The van der Waals surface area contributed by atoms with Crippen molar-refractivity contribution in [3.05, 3.63) is 34.2 Å². The number of benzene rings is 1. The zero-order valence-electron chi connectivity index (χ0n) is 16.9. The van der Waals surface area contributed by atoms with Crippen LogP contribution in [0.2, 0.25) is 0 Å². The summed E-state index contributed by atoms with van der Waals surface area (Å²) in [6.45, 7) is 2.82. The summed E-state index contributed by atoms with van der Waals surface area (Å²) >= 11 is 1.12. The highest BCUT2D eigenvalue weighted by molar-refractivity contribution is 7.99. The summed E-state index contributed by atoms with van der Waals surface area (Å²) in [4.78, 5) is 36.2. The van der Waals surface area contributed by atoms with Crippen LogP contribution in [0.4, 0.5) is 5.69 Å². The summed E-state index contributed by atoms with van der Waals surface area (Å²) in [6, 6.07) is 5.43. The summed E-state index contributed by atoms with van der Waals surface area (Å²) < 4.78 is 12.3. The zero-order chi connectivity index (χ0) is 21.5. The van der Waals surface area contributed by atoms with Crippen molar-refractivity contribution in [3.63, 3.8) is 0 Å². The predicted molar refractivity (Wildman–Crippen MR) is 112 cm³/mol. The molecule has 1 atom stereocenters. The van der Waals surface area contributed by atoms with Gasteiger partial charge in [0.05, 0.1) is 37.7 Å². The molecule has 1 aromatic heterocycles. The van der Waals surface area contributed by atoms with Gasteiger partial charge in [0.15, 0.2) is 5.16 Å². The van der Waals surface area contributed by atoms with E-state index in [1.54, 1.807) is 12.1 Å². The summed E-state index contributed by atoms with van der Waals surface area (Å²) in [7, 11) is 1.52. The van der Waals surface area contributed by atoms with Crippen LogP contribution in [0.25, 0.3) is 0 Å². The minimum absolute atomic E-state index is 0.0178. The maximum atomic E-state index is 12.2. The Morgan fingerprint density at radius 1 is 1.40 bits per heavy atom. The molecule has 2 aromatic rings. The Morgan fingerprint density at radius 3 is 2.97 bits per heavy atom. The van der Waals surface area contributed by atoms with Crippen LogP contribution in [0.1, 0.15) is 18.4 Å². The van der Waals surface area contributed by atoms with Gasteiger partial charge in [-0.3, -0.25) is 14.2 Å². The summed E-state index contributed by atoms with van der Waals surface area (Å²) in [5.41, 5.74) is 1.18. The summed E-state index contributed by atoms with van der Waals surface area (Å²) in [5, 5.41) is 12.1. The monoisotopic (exact) mass is 435 g/mol. The largest absolute Gasteiger partial charge is 0.495 e. The van der Waals surface area contributed by atoms with Gasteiger partial charge in [-0.05, 0) is 37.5 Å². The molecule has 0 spiro atoms. The van der Waals surface area contributed by atoms with E-state index in [4.69, 9.17) is 9.47 Å². The molecular weight excluding hydrogens is 410 g/mol. The molecule has 3 rings (SSSR count). The van der Waals surface area contributed by atoms with Gasteiger partial charge >= 0.3 is 5.69 Å². The average Bonchev–Trinajstić information content (AvgIpc) is 3.36. The number of H-pyrrole nitrogens is 1. The molecule has 0 radical (unpaired) electrons. The first-order chi connectivity index (χ1) is 14.5. The standard InChI is InChI=1S/C19H25N5O5S/c1-12-5-6-15(28-2)14(8-12)21-16(25)9-20-17(26)11-30-19-23-22-18(27)24(19)10-13-4-3-7-29-13/h5-6,8,13H,3-4,7,9-11H2,1-2H3,(H,20,26)(H,21,25)(H,22,27). The molecule has 2 heterocycles. The van der Waals surface area contributed by atoms with E-state index < -0.39 is 0 Å². The second-order valence-electron chi connectivity index (χ2n) is 6.87. The lowest BCUT2D eigenvalue weighted by Gasteiger charge is -2.12. The molecule has 10 nitrogen and oxygen atoms in total. The maximum absolute atomic E-state index is 12.2. The fourth-order valence-corrected chi connectivity index (χ4v) is 3.83. The second kappa shape index (κ2) is 10.3. The first kappa shape index (κ1) is 21.9. The molecule has 162 valence electrons. The van der Waals surface area contributed by atoms with E-state index in [1.165, 1.54) is 11.7 Å². The molecule has 1 aliphatic rings. The number of aromatic nitrogens is 3. The van der Waals surface area contributed by atoms with Crippen molar-refractivity contribution in [2.24, 2.45) is 0 Å². The van der Waals surface area contributed by atoms with Crippen molar-refractivity contribution in [1.29, 1.82) is 0 Å². The zero-order valence-corrected chi connectivity index (χ0v) is 17.7. The first-order valence-electron chi connectivity index (χ1n) is 9.57. The lowest BCUT2D eigenvalue weighted by atomic mass is 10.2. The van der Waals surface area contributed by atoms with Crippen molar-refractivity contribution in [3.8, 4) is 5.75 Å². The number of carbonyl (C=O) groups excluding carboxylic acids is 2. The number of nitrogens with one attached hydrogen (secondary N) is 3. The third-order valence-electron chi connectivity index (χ3n) is 4.54. The number of hydrogen-bond acceptors (Lipinski definition) is 7. The number of aryl methyl sites for hydroxylation is 1. The van der Waals surface area contributed by atoms with E-state index in [-0.39, 0.29) is 35.9 Å². The Morgan fingerprint density at radius 2 is 2.23 bits per heavy atom. The van der Waals surface area contributed by atoms with Gasteiger partial charge in [-0.25, -0.2) is 9.89 Å². The number of rotatable bonds is 9. The van der Waals surface area contributed by atoms with Gasteiger partial charge in [-0.1, -0.05) is 17.8 Å². The van der Waals surface area contributed by atoms with Gasteiger partial charge in [0, 0.05) is 6.61 Å². The van der Waals surface area contributed by atoms with Crippen molar-refractivity contribution < 1.29 is 19.1 Å². The van der Waals surface area contributed by atoms with Gasteiger partial charge < -0.3 is 20.1 Å². The smallest absolute Gasteiger partial charge is 0.344 e. The average molecular weight is 436 g/mol. The van der Waals surface area contributed by atoms with E-state index in [0.717, 1.165) is 30.2 Å². The SMILES string of the molecule is COc1ccc(C)cc1NC(=O)CNC(=O)CSc1n[nH]c(=O)n1CC1CCCO1. The molecule has 1 saturated heterocycles. The van der Waals surface area contributed by atoms with Crippen LogP contribution in [-0.2, 0) is 20.9 Å². The number of ether oxygens (including phenoxy) is 2. The Hall–Kier alpha value is -2.79. The Bertz CT molecular complexity index is 951. The molecular formula is C19H25N5O5S. The van der Waals surface area contributed by atoms with Crippen molar-refractivity contribution in [1.82, 2.24) is 20.1 Å². The van der Waals surface area contributed by atoms with Gasteiger partial charge in [-0.2, -0.15) is 0 Å². The van der Waals surface area contributed by atoms with Crippen LogP contribution in [-0.4, -0.2) is 58.7 Å². The molecule has 1 aromatic carbocycles. The number of carbonyl (C=O) groups is 2. The van der Waals surface area contributed by atoms with Crippen LogP contribution < -0.4 is 21.1 Å². The van der Waals surface area contributed by atoms with E-state index >= 15 is 0 Å². The molecule has 0 bridgehead atoms. The van der Waals surface area contributed by atoms with Gasteiger partial charge in [0.25, 0.3) is 0 Å². The minimum atomic E-state index is -0.368. The fourth-order valence-electron chi connectivity index (χ4n) is 3.04. The lowest BCUT2D eigenvalue weighted by molar-refractivity contribution is -0.122. The highest BCUT2D eigenvalue weighted by Crippen LogP contribution is 2.25. The molecule has 0 aliphatic carbocycles. The third kappa shape index (κ3) is 5.86. The number of amides is 2. The maximum Gasteiger partial charge on any atom is 0.344 e. The van der Waals surface area contributed by atoms with Crippen molar-refractivity contribution >= 4 is 29.3 Å². The molecule has 2 amide bonds. The van der Waals surface area contributed by atoms with Gasteiger partial charge in [0.1, 0.15) is 5.75 Å². The lowest BCUT2D eigenvalue weighted by Crippen LogP contribution is -2.34. The Kier molecular flexibility index (Phi) is 7.52. The second-order valence-corrected chi connectivity index (χ2v) is 7.82. The molecule has 1 fully saturated rings. The van der Waals surface area contributed by atoms with Crippen LogP contribution in [0, 0.1) is 6.92 Å². The third-order valence-corrected chi connectivity index (χ3v) is 5.52. The van der Waals surface area contributed by atoms with E-state index in [2.05, 4.69) is 20.8 Å². The molecule has 1 aliphatic heterocycles. The van der Waals surface area contributed by atoms with E-state index in [9.17, 15) is 14.4 Å². The number of nitrogens with zero attached hydrogens (tertiary/aromatic N) is 2. The first-order valence-corrected chi connectivity index (χ1v) is 10.6. The van der Waals surface area contributed by atoms with Crippen molar-refractivity contribution in [2.45, 2.75) is 37.6 Å². The summed E-state index contributed by atoms with van der Waals surface area (Å²) in [6.07, 6.45) is 1.84. The van der Waals surface area contributed by atoms with Gasteiger partial charge in [0.2, 0.25) is 11.8 Å². The molecule has 30 heavy (non-hydrogen) atoms. The number of anilines is 1. The minimum Gasteiger partial charge on any atom is -0.495 e. The van der Waals surface area contributed by atoms with Crippen LogP contribution in [0.15, 0.2) is 28.2 Å². The normalized spacial score (nSPS) is 15.7. The molecule has 0 saturated carbocycles. The quantitative estimate of drug-likeness (QED) is 0.500. The predicted octanol–water partition coefficient (Wildman–Crippen LogP) is 0.914. The van der Waals surface area contributed by atoms with Crippen LogP contribution in [0.3, 0.4) is 0 Å². The number of methoxy groups -OCH3 is 1. The van der Waals surface area contributed by atoms with E-state index in [0.29, 0.717) is 29.7 Å². The number of aromatic amines is 1. The van der Waals surface area contributed by atoms with Gasteiger partial charge in [-0.15, -0.1) is 5.10 Å². The topological polar surface area (TPSA) is 127 Å². The number of thioether (sulfide) groups is 1. The molecule has 3 N–H and O–H groups in total. The highest BCUT2D eigenvalue weighted by atomic mass is 32.2. The van der Waals surface area contributed by atoms with E-state index in [1.807, 2.05) is 13.0 Å². The highest BCUT2D eigenvalue weighted by Gasteiger charge is 2.20.